The maximum atomic E-state index is 8.86. The summed E-state index contributed by atoms with van der Waals surface area (Å²) < 4.78 is 5.86. The zero-order valence-corrected chi connectivity index (χ0v) is 15.3. The van der Waals surface area contributed by atoms with Crippen molar-refractivity contribution in [2.24, 2.45) is 0 Å². The molecular weight excluding hydrogens is 350 g/mol. The molecule has 0 aliphatic carbocycles. The van der Waals surface area contributed by atoms with Crippen LogP contribution in [0.15, 0.2) is 36.4 Å². The van der Waals surface area contributed by atoms with Crippen molar-refractivity contribution in [2.45, 2.75) is 20.8 Å². The van der Waals surface area contributed by atoms with Gasteiger partial charge in [0.15, 0.2) is 0 Å². The van der Waals surface area contributed by atoms with E-state index < -0.39 is 0 Å². The van der Waals surface area contributed by atoms with Crippen LogP contribution in [0.25, 0.3) is 0 Å². The second kappa shape index (κ2) is 7.38. The molecule has 0 saturated carbocycles. The lowest BCUT2D eigenvalue weighted by molar-refractivity contribution is 0.434. The quantitative estimate of drug-likeness (QED) is 0.710. The van der Waals surface area contributed by atoms with Crippen molar-refractivity contribution in [3.8, 4) is 17.8 Å². The Morgan fingerprint density at radius 1 is 1.00 bits per heavy atom. The van der Waals surface area contributed by atoms with Gasteiger partial charge in [0.2, 0.25) is 11.2 Å². The Hall–Kier alpha value is -3.17. The molecule has 0 amide bonds. The lowest BCUT2D eigenvalue weighted by atomic mass is 10.1. The Morgan fingerprint density at radius 2 is 1.65 bits per heavy atom. The highest BCUT2D eigenvalue weighted by Gasteiger charge is 2.12. The number of nitriles is 1. The monoisotopic (exact) mass is 365 g/mol. The number of nitrogens with one attached hydrogen (secondary N) is 1. The summed E-state index contributed by atoms with van der Waals surface area (Å²) in [5.74, 6) is 0.953. The summed E-state index contributed by atoms with van der Waals surface area (Å²) in [5.41, 5.74) is 4.42. The number of anilines is 2. The Kier molecular flexibility index (Phi) is 5.01. The number of aryl methyl sites for hydroxylation is 3. The largest absolute Gasteiger partial charge is 0.424 e. The smallest absolute Gasteiger partial charge is 0.328 e. The van der Waals surface area contributed by atoms with E-state index in [9.17, 15) is 0 Å². The van der Waals surface area contributed by atoms with Crippen LogP contribution in [0.4, 0.5) is 11.6 Å². The molecule has 1 aromatic heterocycles. The van der Waals surface area contributed by atoms with Crippen LogP contribution >= 0.6 is 11.6 Å². The predicted octanol–water partition coefficient (Wildman–Crippen LogP) is 4.86. The van der Waals surface area contributed by atoms with Crippen molar-refractivity contribution in [3.05, 3.63) is 63.9 Å². The van der Waals surface area contributed by atoms with Gasteiger partial charge in [-0.25, -0.2) is 0 Å². The lowest BCUT2D eigenvalue weighted by Crippen LogP contribution is -2.03. The molecule has 0 bridgehead atoms. The fraction of sp³-hybridized carbons (Fsp3) is 0.158. The van der Waals surface area contributed by atoms with Crippen molar-refractivity contribution >= 4 is 23.2 Å². The zero-order chi connectivity index (χ0) is 18.7. The third-order valence-electron chi connectivity index (χ3n) is 3.66. The fourth-order valence-corrected chi connectivity index (χ4v) is 2.76. The van der Waals surface area contributed by atoms with Crippen LogP contribution in [0.2, 0.25) is 5.28 Å². The number of rotatable bonds is 4. The number of ether oxygens (including phenoxy) is 1. The predicted molar refractivity (Wildman–Crippen MR) is 100 cm³/mol. The molecule has 7 heteroatoms. The van der Waals surface area contributed by atoms with Gasteiger partial charge in [-0.05, 0) is 67.8 Å². The minimum Gasteiger partial charge on any atom is -0.424 e. The van der Waals surface area contributed by atoms with Crippen LogP contribution in [0, 0.1) is 32.1 Å². The van der Waals surface area contributed by atoms with E-state index >= 15 is 0 Å². The van der Waals surface area contributed by atoms with E-state index in [4.69, 9.17) is 21.6 Å². The molecule has 0 aliphatic heterocycles. The second-order valence-corrected chi connectivity index (χ2v) is 6.19. The first-order valence-electron chi connectivity index (χ1n) is 7.89. The number of halogens is 1. The van der Waals surface area contributed by atoms with Gasteiger partial charge in [-0.1, -0.05) is 17.7 Å². The summed E-state index contributed by atoms with van der Waals surface area (Å²) >= 11 is 6.01. The summed E-state index contributed by atoms with van der Waals surface area (Å²) in [4.78, 5) is 12.4. The number of aromatic nitrogens is 3. The van der Waals surface area contributed by atoms with Crippen LogP contribution in [0.1, 0.15) is 22.3 Å². The molecule has 2 aromatic carbocycles. The highest BCUT2D eigenvalue weighted by molar-refractivity contribution is 6.28. The van der Waals surface area contributed by atoms with Crippen LogP contribution in [0.5, 0.6) is 11.8 Å². The Balaban J connectivity index is 1.87. The van der Waals surface area contributed by atoms with Gasteiger partial charge in [0.1, 0.15) is 5.75 Å². The van der Waals surface area contributed by atoms with E-state index in [-0.39, 0.29) is 17.2 Å². The van der Waals surface area contributed by atoms with Crippen LogP contribution in [-0.4, -0.2) is 15.0 Å². The molecule has 6 nitrogen and oxygen atoms in total. The normalized spacial score (nSPS) is 10.3. The van der Waals surface area contributed by atoms with Gasteiger partial charge in [-0.3, -0.25) is 0 Å². The molecule has 130 valence electrons. The molecule has 3 aromatic rings. The summed E-state index contributed by atoms with van der Waals surface area (Å²) in [7, 11) is 0. The van der Waals surface area contributed by atoms with Crippen molar-refractivity contribution in [1.82, 2.24) is 15.0 Å². The third kappa shape index (κ3) is 4.08. The van der Waals surface area contributed by atoms with Crippen LogP contribution < -0.4 is 10.1 Å². The second-order valence-electron chi connectivity index (χ2n) is 5.85. The van der Waals surface area contributed by atoms with Gasteiger partial charge in [0, 0.05) is 5.69 Å². The molecule has 0 saturated heterocycles. The first-order chi connectivity index (χ1) is 12.4. The van der Waals surface area contributed by atoms with E-state index in [0.29, 0.717) is 11.3 Å². The Labute approximate surface area is 156 Å². The van der Waals surface area contributed by atoms with Gasteiger partial charge in [-0.2, -0.15) is 20.2 Å². The minimum absolute atomic E-state index is 0.0218. The molecule has 1 heterocycles. The number of hydrogen-bond donors (Lipinski definition) is 1. The molecular formula is C19H16ClN5O. The fourth-order valence-electron chi connectivity index (χ4n) is 2.61. The summed E-state index contributed by atoms with van der Waals surface area (Å²) in [6.07, 6.45) is 0. The van der Waals surface area contributed by atoms with Gasteiger partial charge < -0.3 is 10.1 Å². The summed E-state index contributed by atoms with van der Waals surface area (Å²) in [6, 6.07) is 13.1. The molecule has 1 N–H and O–H groups in total. The molecule has 26 heavy (non-hydrogen) atoms. The molecule has 0 atom stereocenters. The van der Waals surface area contributed by atoms with Crippen molar-refractivity contribution in [3.63, 3.8) is 0 Å². The molecule has 3 rings (SSSR count). The van der Waals surface area contributed by atoms with Gasteiger partial charge >= 0.3 is 6.01 Å². The topological polar surface area (TPSA) is 83.7 Å². The number of hydrogen-bond acceptors (Lipinski definition) is 6. The molecule has 0 spiro atoms. The van der Waals surface area contributed by atoms with Gasteiger partial charge in [0.05, 0.1) is 11.6 Å². The third-order valence-corrected chi connectivity index (χ3v) is 3.82. The van der Waals surface area contributed by atoms with E-state index in [0.717, 1.165) is 22.4 Å². The van der Waals surface area contributed by atoms with Crippen molar-refractivity contribution < 1.29 is 4.74 Å². The molecule has 0 aliphatic rings. The first-order valence-corrected chi connectivity index (χ1v) is 8.27. The highest BCUT2D eigenvalue weighted by Crippen LogP contribution is 2.29. The SMILES string of the molecule is Cc1cc(C)c(Oc2nc(Cl)nc(Nc3ccc(C#N)cc3)n2)c(C)c1. The lowest BCUT2D eigenvalue weighted by Gasteiger charge is -2.12. The van der Waals surface area contributed by atoms with E-state index in [1.807, 2.05) is 32.9 Å². The van der Waals surface area contributed by atoms with Gasteiger partial charge in [0.25, 0.3) is 0 Å². The standard InChI is InChI=1S/C19H16ClN5O/c1-11-8-12(2)16(13(3)9-11)26-19-24-17(20)23-18(25-19)22-15-6-4-14(10-21)5-7-15/h4-9H,1-3H3,(H,22,23,24,25). The molecule has 0 fully saturated rings. The Morgan fingerprint density at radius 3 is 2.27 bits per heavy atom. The number of nitrogens with zero attached hydrogens (tertiary/aromatic N) is 4. The maximum absolute atomic E-state index is 8.86. The van der Waals surface area contributed by atoms with Crippen molar-refractivity contribution in [2.75, 3.05) is 5.32 Å². The van der Waals surface area contributed by atoms with E-state index in [1.54, 1.807) is 24.3 Å². The zero-order valence-electron chi connectivity index (χ0n) is 14.5. The Bertz CT molecular complexity index is 973. The summed E-state index contributed by atoms with van der Waals surface area (Å²) in [5, 5.41) is 11.9. The molecule has 0 radical (unpaired) electrons. The average molecular weight is 366 g/mol. The highest BCUT2D eigenvalue weighted by atomic mass is 35.5. The first kappa shape index (κ1) is 17.6. The van der Waals surface area contributed by atoms with E-state index in [2.05, 4.69) is 26.3 Å². The van der Waals surface area contributed by atoms with E-state index in [1.165, 1.54) is 0 Å². The van der Waals surface area contributed by atoms with Crippen LogP contribution in [-0.2, 0) is 0 Å². The average Bonchev–Trinajstić information content (AvgIpc) is 2.58. The van der Waals surface area contributed by atoms with Crippen molar-refractivity contribution in [1.29, 1.82) is 5.26 Å². The molecule has 0 unspecified atom stereocenters. The minimum atomic E-state index is 0.0218. The number of benzene rings is 2. The van der Waals surface area contributed by atoms with Crippen LogP contribution in [0.3, 0.4) is 0 Å². The summed E-state index contributed by atoms with van der Waals surface area (Å²) in [6.45, 7) is 5.96. The van der Waals surface area contributed by atoms with Gasteiger partial charge in [-0.15, -0.1) is 0 Å². The maximum Gasteiger partial charge on any atom is 0.328 e.